The summed E-state index contributed by atoms with van der Waals surface area (Å²) < 4.78 is 31.3. The summed E-state index contributed by atoms with van der Waals surface area (Å²) in [7, 11) is -0.715. The van der Waals surface area contributed by atoms with Crippen molar-refractivity contribution in [3.8, 4) is 5.75 Å². The third kappa shape index (κ3) is 3.37. The Labute approximate surface area is 120 Å². The van der Waals surface area contributed by atoms with Crippen molar-refractivity contribution in [3.63, 3.8) is 0 Å². The topological polar surface area (TPSA) is 63.7 Å². The number of carbonyl (C=O) groups is 1. The highest BCUT2D eigenvalue weighted by molar-refractivity contribution is 7.89. The lowest BCUT2D eigenvalue weighted by molar-refractivity contribution is -0.118. The number of nitrogens with zero attached hydrogens (tertiary/aromatic N) is 1. The van der Waals surface area contributed by atoms with Crippen molar-refractivity contribution < 1.29 is 17.9 Å². The molecular weight excluding hydrogens is 278 g/mol. The fourth-order valence-corrected chi connectivity index (χ4v) is 3.59. The van der Waals surface area contributed by atoms with Crippen molar-refractivity contribution in [2.24, 2.45) is 0 Å². The van der Waals surface area contributed by atoms with E-state index in [1.54, 1.807) is 32.9 Å². The Morgan fingerprint density at radius 2 is 1.75 bits per heavy atom. The van der Waals surface area contributed by atoms with Gasteiger partial charge < -0.3 is 4.74 Å². The second-order valence-electron chi connectivity index (χ2n) is 4.74. The zero-order valence-electron chi connectivity index (χ0n) is 12.6. The number of hydrogen-bond donors (Lipinski definition) is 0. The summed E-state index contributed by atoms with van der Waals surface area (Å²) in [6.45, 7) is 5.05. The number of rotatable bonds is 6. The van der Waals surface area contributed by atoms with Crippen molar-refractivity contribution in [2.45, 2.75) is 32.1 Å². The molecule has 0 bridgehead atoms. The molecule has 1 rings (SSSR count). The molecule has 0 heterocycles. The van der Waals surface area contributed by atoms with Crippen molar-refractivity contribution >= 4 is 15.8 Å². The Balaban J connectivity index is 3.25. The summed E-state index contributed by atoms with van der Waals surface area (Å²) in [5.41, 5.74) is 1.22. The van der Waals surface area contributed by atoms with Crippen LogP contribution in [-0.2, 0) is 14.8 Å². The van der Waals surface area contributed by atoms with Gasteiger partial charge in [-0.25, -0.2) is 8.42 Å². The second-order valence-corrected chi connectivity index (χ2v) is 6.73. The Morgan fingerprint density at radius 3 is 2.15 bits per heavy atom. The van der Waals surface area contributed by atoms with Crippen LogP contribution in [0.2, 0.25) is 0 Å². The SMILES string of the molecule is CCC(=O)CN(C)S(=O)(=O)c1c(C)cc(OC)cc1C. The molecule has 1 aromatic carbocycles. The lowest BCUT2D eigenvalue weighted by Crippen LogP contribution is -2.32. The van der Waals surface area contributed by atoms with Crippen LogP contribution in [0.1, 0.15) is 24.5 Å². The van der Waals surface area contributed by atoms with Crippen molar-refractivity contribution in [3.05, 3.63) is 23.3 Å². The smallest absolute Gasteiger partial charge is 0.243 e. The van der Waals surface area contributed by atoms with Crippen molar-refractivity contribution in [2.75, 3.05) is 20.7 Å². The van der Waals surface area contributed by atoms with Gasteiger partial charge in [-0.15, -0.1) is 0 Å². The van der Waals surface area contributed by atoms with Gasteiger partial charge in [-0.1, -0.05) is 6.92 Å². The van der Waals surface area contributed by atoms with Gasteiger partial charge in [0, 0.05) is 13.5 Å². The van der Waals surface area contributed by atoms with Crippen LogP contribution < -0.4 is 4.74 Å². The molecule has 0 N–H and O–H groups in total. The molecule has 0 spiro atoms. The molecule has 0 fully saturated rings. The van der Waals surface area contributed by atoms with Crippen molar-refractivity contribution in [1.82, 2.24) is 4.31 Å². The third-order valence-electron chi connectivity index (χ3n) is 3.13. The molecule has 0 atom stereocenters. The quantitative estimate of drug-likeness (QED) is 0.805. The van der Waals surface area contributed by atoms with E-state index < -0.39 is 10.0 Å². The average molecular weight is 299 g/mol. The van der Waals surface area contributed by atoms with E-state index in [0.29, 0.717) is 23.3 Å². The maximum Gasteiger partial charge on any atom is 0.243 e. The Bertz CT molecular complexity index is 585. The summed E-state index contributed by atoms with van der Waals surface area (Å²) >= 11 is 0. The number of hydrogen-bond acceptors (Lipinski definition) is 4. The number of carbonyl (C=O) groups excluding carboxylic acids is 1. The Kier molecular flexibility index (Phi) is 5.30. The first kappa shape index (κ1) is 16.7. The lowest BCUT2D eigenvalue weighted by atomic mass is 10.1. The van der Waals surface area contributed by atoms with E-state index in [9.17, 15) is 13.2 Å². The molecule has 0 amide bonds. The second kappa shape index (κ2) is 6.37. The molecule has 0 unspecified atom stereocenters. The van der Waals surface area contributed by atoms with Crippen LogP contribution in [0, 0.1) is 13.8 Å². The zero-order chi connectivity index (χ0) is 15.5. The lowest BCUT2D eigenvalue weighted by Gasteiger charge is -2.19. The molecule has 112 valence electrons. The minimum Gasteiger partial charge on any atom is -0.497 e. The third-order valence-corrected chi connectivity index (χ3v) is 5.24. The predicted octanol–water partition coefficient (Wildman–Crippen LogP) is 1.91. The van der Waals surface area contributed by atoms with E-state index in [1.165, 1.54) is 14.2 Å². The number of Topliss-reactive ketones (excluding diaryl/α,β-unsaturated/α-hetero) is 1. The van der Waals surface area contributed by atoms with Crippen LogP contribution in [0.4, 0.5) is 0 Å². The van der Waals surface area contributed by atoms with E-state index >= 15 is 0 Å². The molecular formula is C14H21NO4S. The molecule has 0 saturated carbocycles. The molecule has 20 heavy (non-hydrogen) atoms. The zero-order valence-corrected chi connectivity index (χ0v) is 13.4. The van der Waals surface area contributed by atoms with Crippen LogP contribution in [0.3, 0.4) is 0 Å². The summed E-state index contributed by atoms with van der Waals surface area (Å²) in [5.74, 6) is 0.506. The fraction of sp³-hybridized carbons (Fsp3) is 0.500. The molecule has 0 aliphatic rings. The minimum absolute atomic E-state index is 0.107. The number of ketones is 1. The van der Waals surface area contributed by atoms with Gasteiger partial charge in [0.15, 0.2) is 0 Å². The minimum atomic E-state index is -3.67. The van der Waals surface area contributed by atoms with E-state index in [2.05, 4.69) is 0 Å². The maximum atomic E-state index is 12.6. The highest BCUT2D eigenvalue weighted by Crippen LogP contribution is 2.27. The van der Waals surface area contributed by atoms with E-state index in [0.717, 1.165) is 4.31 Å². The van der Waals surface area contributed by atoms with Gasteiger partial charge in [0.2, 0.25) is 10.0 Å². The van der Waals surface area contributed by atoms with Gasteiger partial charge in [-0.2, -0.15) is 4.31 Å². The standard InChI is InChI=1S/C14H21NO4S/c1-6-12(16)9-15(4)20(17,18)14-10(2)7-13(19-5)8-11(14)3/h7-8H,6,9H2,1-5H3. The number of methoxy groups -OCH3 is 1. The van der Waals surface area contributed by atoms with Gasteiger partial charge in [-0.3, -0.25) is 4.79 Å². The van der Waals surface area contributed by atoms with Gasteiger partial charge in [0.05, 0.1) is 18.6 Å². The van der Waals surface area contributed by atoms with E-state index in [1.807, 2.05) is 0 Å². The number of likely N-dealkylation sites (N-methyl/N-ethyl adjacent to an activating group) is 1. The highest BCUT2D eigenvalue weighted by Gasteiger charge is 2.26. The number of ether oxygens (including phenoxy) is 1. The molecule has 0 aliphatic heterocycles. The number of aryl methyl sites for hydroxylation is 2. The van der Waals surface area contributed by atoms with Crippen LogP contribution in [0.25, 0.3) is 0 Å². The summed E-state index contributed by atoms with van der Waals surface area (Å²) in [6.07, 6.45) is 0.320. The fourth-order valence-electron chi connectivity index (χ4n) is 2.04. The first-order valence-electron chi connectivity index (χ1n) is 6.37. The summed E-state index contributed by atoms with van der Waals surface area (Å²) in [6, 6.07) is 3.35. The molecule has 0 saturated heterocycles. The van der Waals surface area contributed by atoms with Crippen LogP contribution >= 0.6 is 0 Å². The molecule has 1 aromatic rings. The molecule has 5 nitrogen and oxygen atoms in total. The Hall–Kier alpha value is -1.40. The molecule has 0 aliphatic carbocycles. The molecule has 0 radical (unpaired) electrons. The maximum absolute atomic E-state index is 12.6. The van der Waals surface area contributed by atoms with Crippen LogP contribution in [0.5, 0.6) is 5.75 Å². The summed E-state index contributed by atoms with van der Waals surface area (Å²) in [4.78, 5) is 11.7. The first-order valence-corrected chi connectivity index (χ1v) is 7.81. The summed E-state index contributed by atoms with van der Waals surface area (Å²) in [5, 5.41) is 0. The largest absolute Gasteiger partial charge is 0.497 e. The van der Waals surface area contributed by atoms with Gasteiger partial charge >= 0.3 is 0 Å². The van der Waals surface area contributed by atoms with E-state index in [-0.39, 0.29) is 17.2 Å². The van der Waals surface area contributed by atoms with Gasteiger partial charge in [0.1, 0.15) is 11.5 Å². The van der Waals surface area contributed by atoms with Crippen LogP contribution in [-0.4, -0.2) is 39.2 Å². The molecule has 6 heteroatoms. The average Bonchev–Trinajstić information content (AvgIpc) is 2.36. The van der Waals surface area contributed by atoms with Gasteiger partial charge in [0.25, 0.3) is 0 Å². The molecule has 0 aromatic heterocycles. The Morgan fingerprint density at radius 1 is 1.25 bits per heavy atom. The van der Waals surface area contributed by atoms with Crippen molar-refractivity contribution in [1.29, 1.82) is 0 Å². The van der Waals surface area contributed by atoms with Gasteiger partial charge in [-0.05, 0) is 37.1 Å². The monoisotopic (exact) mass is 299 g/mol. The highest BCUT2D eigenvalue weighted by atomic mass is 32.2. The normalized spacial score (nSPS) is 11.7. The predicted molar refractivity (Wildman–Crippen MR) is 77.6 cm³/mol. The number of benzene rings is 1. The number of sulfonamides is 1. The van der Waals surface area contributed by atoms with Crippen LogP contribution in [0.15, 0.2) is 17.0 Å². The van der Waals surface area contributed by atoms with E-state index in [4.69, 9.17) is 4.74 Å². The first-order chi connectivity index (χ1) is 9.23.